The van der Waals surface area contributed by atoms with Gasteiger partial charge in [0.2, 0.25) is 0 Å². The Bertz CT molecular complexity index is 1080. The molecule has 2 aromatic heterocycles. The van der Waals surface area contributed by atoms with Gasteiger partial charge in [-0.25, -0.2) is 14.8 Å². The van der Waals surface area contributed by atoms with Gasteiger partial charge in [-0.2, -0.15) is 5.10 Å². The summed E-state index contributed by atoms with van der Waals surface area (Å²) in [7, 11) is 0. The van der Waals surface area contributed by atoms with Gasteiger partial charge in [0.05, 0.1) is 0 Å². The number of aryl methyl sites for hydroxylation is 2. The Balaban J connectivity index is 1.54. The highest BCUT2D eigenvalue weighted by Crippen LogP contribution is 2.29. The maximum Gasteiger partial charge on any atom is 0.180 e. The molecule has 0 bridgehead atoms. The Kier molecular flexibility index (Phi) is 5.97. The van der Waals surface area contributed by atoms with E-state index in [1.54, 1.807) is 0 Å². The van der Waals surface area contributed by atoms with E-state index in [-0.39, 0.29) is 0 Å². The average molecular weight is 402 g/mol. The highest BCUT2D eigenvalue weighted by Gasteiger charge is 2.12. The lowest BCUT2D eigenvalue weighted by Gasteiger charge is -2.08. The van der Waals surface area contributed by atoms with Crippen LogP contribution in [-0.2, 0) is 19.4 Å². The van der Waals surface area contributed by atoms with Crippen LogP contribution in [0.15, 0.2) is 48.5 Å². The Morgan fingerprint density at radius 2 is 1.77 bits per heavy atom. The van der Waals surface area contributed by atoms with Crippen molar-refractivity contribution in [3.63, 3.8) is 0 Å². The molecule has 154 valence electrons. The van der Waals surface area contributed by atoms with Crippen molar-refractivity contribution in [2.24, 2.45) is 5.92 Å². The van der Waals surface area contributed by atoms with Gasteiger partial charge in [0, 0.05) is 24.9 Å². The number of tetrazole rings is 1. The maximum atomic E-state index is 4.80. The maximum absolute atomic E-state index is 4.80. The van der Waals surface area contributed by atoms with Crippen LogP contribution in [0, 0.1) is 5.92 Å². The summed E-state index contributed by atoms with van der Waals surface area (Å²) < 4.78 is 2.02. The van der Waals surface area contributed by atoms with Crippen LogP contribution in [0.2, 0.25) is 0 Å². The number of nitrogens with one attached hydrogen (secondary N) is 1. The third-order valence-electron chi connectivity index (χ3n) is 5.19. The van der Waals surface area contributed by atoms with E-state index in [4.69, 9.17) is 4.98 Å². The molecule has 0 radical (unpaired) electrons. The molecular weight excluding hydrogens is 374 g/mol. The summed E-state index contributed by atoms with van der Waals surface area (Å²) in [4.78, 5) is 4.80. The summed E-state index contributed by atoms with van der Waals surface area (Å²) in [6.45, 7) is 7.41. The second-order valence-electron chi connectivity index (χ2n) is 7.86. The monoisotopic (exact) mass is 401 g/mol. The average Bonchev–Trinajstić information content (AvgIpc) is 3.43. The Hall–Kier alpha value is -3.35. The molecule has 0 aliphatic carbocycles. The molecule has 7 heteroatoms. The van der Waals surface area contributed by atoms with Crippen molar-refractivity contribution in [3.8, 4) is 22.5 Å². The van der Waals surface area contributed by atoms with Crippen LogP contribution >= 0.6 is 0 Å². The molecule has 4 rings (SSSR count). The van der Waals surface area contributed by atoms with Gasteiger partial charge in [0.25, 0.3) is 0 Å². The number of nitrogens with zero attached hydrogens (tertiary/aromatic N) is 6. The first-order chi connectivity index (χ1) is 14.6. The summed E-state index contributed by atoms with van der Waals surface area (Å²) in [6, 6.07) is 16.7. The van der Waals surface area contributed by atoms with E-state index in [9.17, 15) is 0 Å². The van der Waals surface area contributed by atoms with Crippen molar-refractivity contribution in [2.45, 2.75) is 46.6 Å². The molecule has 0 spiro atoms. The lowest BCUT2D eigenvalue weighted by Crippen LogP contribution is -2.04. The fourth-order valence-corrected chi connectivity index (χ4v) is 3.53. The van der Waals surface area contributed by atoms with E-state index in [0.29, 0.717) is 11.7 Å². The number of rotatable bonds is 8. The second kappa shape index (κ2) is 8.98. The highest BCUT2D eigenvalue weighted by atomic mass is 15.5. The molecule has 0 saturated heterocycles. The Morgan fingerprint density at radius 1 is 1.00 bits per heavy atom. The minimum atomic E-state index is 0.658. The third kappa shape index (κ3) is 4.45. The standard InChI is InChI=1S/C23H27N7/c1-4-30-22(24-21(27-30)14-9-16(2)3)15-17-10-12-18(13-11-17)19-7-5-6-8-20(19)23-25-28-29-26-23/h5-8,10-13,16H,4,9,14-15H2,1-3H3,(H,25,26,28,29). The van der Waals surface area contributed by atoms with Gasteiger partial charge < -0.3 is 0 Å². The number of aromatic amines is 1. The van der Waals surface area contributed by atoms with Crippen molar-refractivity contribution in [2.75, 3.05) is 0 Å². The molecule has 0 unspecified atom stereocenters. The molecule has 0 fully saturated rings. The molecule has 0 atom stereocenters. The predicted molar refractivity (Wildman–Crippen MR) is 117 cm³/mol. The third-order valence-corrected chi connectivity index (χ3v) is 5.19. The number of aromatic nitrogens is 7. The van der Waals surface area contributed by atoms with Crippen molar-refractivity contribution in [1.82, 2.24) is 35.4 Å². The molecule has 30 heavy (non-hydrogen) atoms. The van der Waals surface area contributed by atoms with Gasteiger partial charge in [0.1, 0.15) is 5.82 Å². The Labute approximate surface area is 176 Å². The SMILES string of the molecule is CCn1nc(CCC(C)C)nc1Cc1ccc(-c2ccccc2-c2nnn[nH]2)cc1. The Morgan fingerprint density at radius 3 is 2.43 bits per heavy atom. The van der Waals surface area contributed by atoms with Gasteiger partial charge in [-0.1, -0.05) is 62.4 Å². The van der Waals surface area contributed by atoms with E-state index in [0.717, 1.165) is 54.1 Å². The van der Waals surface area contributed by atoms with Crippen molar-refractivity contribution < 1.29 is 0 Å². The van der Waals surface area contributed by atoms with Crippen LogP contribution in [0.1, 0.15) is 44.4 Å². The second-order valence-corrected chi connectivity index (χ2v) is 7.86. The molecule has 1 N–H and O–H groups in total. The smallest absolute Gasteiger partial charge is 0.180 e. The molecule has 2 heterocycles. The normalized spacial score (nSPS) is 11.3. The first kappa shape index (κ1) is 19.9. The van der Waals surface area contributed by atoms with Crippen molar-refractivity contribution in [1.29, 1.82) is 0 Å². The van der Waals surface area contributed by atoms with Gasteiger partial charge in [-0.15, -0.1) is 5.10 Å². The van der Waals surface area contributed by atoms with Crippen LogP contribution in [0.25, 0.3) is 22.5 Å². The van der Waals surface area contributed by atoms with E-state index in [1.165, 1.54) is 5.56 Å². The number of benzene rings is 2. The fraction of sp³-hybridized carbons (Fsp3) is 0.348. The minimum absolute atomic E-state index is 0.658. The van der Waals surface area contributed by atoms with E-state index >= 15 is 0 Å². The molecule has 7 nitrogen and oxygen atoms in total. The van der Waals surface area contributed by atoms with Crippen LogP contribution in [0.4, 0.5) is 0 Å². The summed E-state index contributed by atoms with van der Waals surface area (Å²) in [5.74, 6) is 3.30. The molecule has 2 aromatic carbocycles. The van der Waals surface area contributed by atoms with Gasteiger partial charge >= 0.3 is 0 Å². The topological polar surface area (TPSA) is 85.2 Å². The zero-order valence-corrected chi connectivity index (χ0v) is 17.7. The summed E-state index contributed by atoms with van der Waals surface area (Å²) in [5.41, 5.74) is 4.42. The lowest BCUT2D eigenvalue weighted by molar-refractivity contribution is 0.565. The number of hydrogen-bond donors (Lipinski definition) is 1. The van der Waals surface area contributed by atoms with Crippen LogP contribution in [0.3, 0.4) is 0 Å². The summed E-state index contributed by atoms with van der Waals surface area (Å²) >= 11 is 0. The summed E-state index contributed by atoms with van der Waals surface area (Å²) in [5, 5.41) is 19.0. The van der Waals surface area contributed by atoms with Crippen molar-refractivity contribution in [3.05, 3.63) is 65.7 Å². The first-order valence-electron chi connectivity index (χ1n) is 10.5. The van der Waals surface area contributed by atoms with Gasteiger partial charge in [0.15, 0.2) is 11.6 Å². The van der Waals surface area contributed by atoms with E-state index in [2.05, 4.69) is 76.8 Å². The van der Waals surface area contributed by atoms with Crippen molar-refractivity contribution >= 4 is 0 Å². The summed E-state index contributed by atoms with van der Waals surface area (Å²) in [6.07, 6.45) is 2.82. The number of H-pyrrole nitrogens is 1. The first-order valence-corrected chi connectivity index (χ1v) is 10.5. The van der Waals surface area contributed by atoms with Gasteiger partial charge in [-0.3, -0.25) is 0 Å². The molecule has 0 aliphatic heterocycles. The van der Waals surface area contributed by atoms with Crippen LogP contribution in [-0.4, -0.2) is 35.4 Å². The molecule has 4 aromatic rings. The fourth-order valence-electron chi connectivity index (χ4n) is 3.53. The molecular formula is C23H27N7. The molecule has 0 aliphatic rings. The molecule has 0 saturated carbocycles. The quantitative estimate of drug-likeness (QED) is 0.475. The largest absolute Gasteiger partial charge is 0.250 e. The van der Waals surface area contributed by atoms with Crippen LogP contribution in [0.5, 0.6) is 0 Å². The van der Waals surface area contributed by atoms with E-state index < -0.39 is 0 Å². The van der Waals surface area contributed by atoms with E-state index in [1.807, 2.05) is 22.9 Å². The zero-order chi connectivity index (χ0) is 20.9. The van der Waals surface area contributed by atoms with Gasteiger partial charge in [-0.05, 0) is 46.4 Å². The highest BCUT2D eigenvalue weighted by molar-refractivity contribution is 5.80. The van der Waals surface area contributed by atoms with Crippen LogP contribution < -0.4 is 0 Å². The zero-order valence-electron chi connectivity index (χ0n) is 17.7. The minimum Gasteiger partial charge on any atom is -0.250 e. The lowest BCUT2D eigenvalue weighted by atomic mass is 9.98. The molecule has 0 amide bonds. The predicted octanol–water partition coefficient (Wildman–Crippen LogP) is 4.32. The number of hydrogen-bond acceptors (Lipinski definition) is 5.